The molecule has 1 fully saturated rings. The summed E-state index contributed by atoms with van der Waals surface area (Å²) in [5.74, 6) is -0.898. The van der Waals surface area contributed by atoms with Crippen LogP contribution in [0.2, 0.25) is 0 Å². The molecule has 0 aliphatic carbocycles. The highest BCUT2D eigenvalue weighted by Crippen LogP contribution is 2.33. The number of rotatable bonds is 10. The second-order valence-electron chi connectivity index (χ2n) is 8.58. The van der Waals surface area contributed by atoms with E-state index >= 15 is 0 Å². The molecule has 2 amide bonds. The van der Waals surface area contributed by atoms with Crippen molar-refractivity contribution >= 4 is 17.8 Å². The van der Waals surface area contributed by atoms with Gasteiger partial charge in [0.15, 0.2) is 0 Å². The number of nitrogens with zero attached hydrogens (tertiary/aromatic N) is 3. The predicted octanol–water partition coefficient (Wildman–Crippen LogP) is 1.26. The molecule has 2 aliphatic rings. The number of aromatic nitrogens is 1. The van der Waals surface area contributed by atoms with Crippen LogP contribution in [0.1, 0.15) is 40.0 Å². The molecule has 2 aliphatic heterocycles. The van der Waals surface area contributed by atoms with Gasteiger partial charge in [0, 0.05) is 43.4 Å². The highest BCUT2D eigenvalue weighted by atomic mass is 16.5. The SMILES string of the molecule is COC(=O)CCC(C(N)=O)N1Cc2c(OCc3ccc(CN4CCOCC4)cn3)cccc2C1=O. The number of ether oxygens (including phenoxy) is 3. The first-order chi connectivity index (χ1) is 17.0. The van der Waals surface area contributed by atoms with Crippen LogP contribution >= 0.6 is 0 Å². The van der Waals surface area contributed by atoms with Crippen molar-refractivity contribution in [2.24, 2.45) is 5.73 Å². The monoisotopic (exact) mass is 482 g/mol. The summed E-state index contributed by atoms with van der Waals surface area (Å²) in [5, 5.41) is 0. The van der Waals surface area contributed by atoms with Gasteiger partial charge in [-0.3, -0.25) is 24.3 Å². The number of primary amides is 1. The van der Waals surface area contributed by atoms with E-state index in [1.165, 1.54) is 12.0 Å². The van der Waals surface area contributed by atoms with E-state index in [0.717, 1.165) is 44.1 Å². The summed E-state index contributed by atoms with van der Waals surface area (Å²) >= 11 is 0. The molecule has 0 saturated carbocycles. The summed E-state index contributed by atoms with van der Waals surface area (Å²) in [6.07, 6.45) is 1.94. The van der Waals surface area contributed by atoms with Gasteiger partial charge in [0.25, 0.3) is 5.91 Å². The maximum absolute atomic E-state index is 13.0. The van der Waals surface area contributed by atoms with Gasteiger partial charge in [-0.1, -0.05) is 12.1 Å². The van der Waals surface area contributed by atoms with E-state index in [9.17, 15) is 14.4 Å². The Morgan fingerprint density at radius 1 is 1.20 bits per heavy atom. The average molecular weight is 483 g/mol. The molecule has 186 valence electrons. The van der Waals surface area contributed by atoms with Crippen molar-refractivity contribution < 1.29 is 28.6 Å². The summed E-state index contributed by atoms with van der Waals surface area (Å²) in [4.78, 5) is 44.8. The molecule has 2 aromatic rings. The summed E-state index contributed by atoms with van der Waals surface area (Å²) in [5.41, 5.74) is 8.59. The molecule has 1 unspecified atom stereocenters. The summed E-state index contributed by atoms with van der Waals surface area (Å²) in [6, 6.07) is 8.29. The van der Waals surface area contributed by atoms with Gasteiger partial charge in [-0.2, -0.15) is 0 Å². The van der Waals surface area contributed by atoms with Crippen LogP contribution in [0.5, 0.6) is 5.75 Å². The van der Waals surface area contributed by atoms with E-state index in [1.54, 1.807) is 18.2 Å². The van der Waals surface area contributed by atoms with E-state index in [2.05, 4.69) is 14.6 Å². The number of esters is 1. The van der Waals surface area contributed by atoms with Crippen molar-refractivity contribution in [2.75, 3.05) is 33.4 Å². The molecule has 35 heavy (non-hydrogen) atoms. The first-order valence-electron chi connectivity index (χ1n) is 11.6. The molecule has 1 aromatic carbocycles. The highest BCUT2D eigenvalue weighted by Gasteiger charge is 2.37. The van der Waals surface area contributed by atoms with Gasteiger partial charge in [0.05, 0.1) is 32.6 Å². The molecule has 0 radical (unpaired) electrons. The minimum Gasteiger partial charge on any atom is -0.487 e. The first kappa shape index (κ1) is 24.6. The van der Waals surface area contributed by atoms with Crippen LogP contribution in [0.3, 0.4) is 0 Å². The Hall–Kier alpha value is -3.50. The third kappa shape index (κ3) is 5.95. The Kier molecular flexibility index (Phi) is 7.94. The molecule has 3 heterocycles. The zero-order valence-electron chi connectivity index (χ0n) is 19.8. The normalized spacial score (nSPS) is 16.6. The van der Waals surface area contributed by atoms with Gasteiger partial charge in [0.1, 0.15) is 18.4 Å². The summed E-state index contributed by atoms with van der Waals surface area (Å²) in [6.45, 7) is 4.59. The number of hydrogen-bond acceptors (Lipinski definition) is 8. The van der Waals surface area contributed by atoms with Gasteiger partial charge >= 0.3 is 5.97 Å². The fourth-order valence-electron chi connectivity index (χ4n) is 4.32. The van der Waals surface area contributed by atoms with Gasteiger partial charge < -0.3 is 24.8 Å². The summed E-state index contributed by atoms with van der Waals surface area (Å²) in [7, 11) is 1.27. The first-order valence-corrected chi connectivity index (χ1v) is 11.6. The molecule has 10 heteroatoms. The second-order valence-corrected chi connectivity index (χ2v) is 8.58. The number of pyridine rings is 1. The predicted molar refractivity (Wildman–Crippen MR) is 125 cm³/mol. The number of methoxy groups -OCH3 is 1. The fraction of sp³-hybridized carbons (Fsp3) is 0.440. The van der Waals surface area contributed by atoms with Crippen LogP contribution in [0.25, 0.3) is 0 Å². The number of benzene rings is 1. The number of fused-ring (bicyclic) bond motifs is 1. The molecule has 0 bridgehead atoms. The zero-order valence-corrected chi connectivity index (χ0v) is 19.8. The molecule has 10 nitrogen and oxygen atoms in total. The van der Waals surface area contributed by atoms with Gasteiger partial charge in [-0.15, -0.1) is 0 Å². The van der Waals surface area contributed by atoms with Crippen molar-refractivity contribution in [3.05, 3.63) is 58.9 Å². The number of carbonyl (C=O) groups excluding carboxylic acids is 3. The molecule has 1 atom stereocenters. The number of nitrogens with two attached hydrogens (primary N) is 1. The van der Waals surface area contributed by atoms with Gasteiger partial charge in [-0.05, 0) is 30.2 Å². The van der Waals surface area contributed by atoms with Crippen LogP contribution in [0.4, 0.5) is 0 Å². The quantitative estimate of drug-likeness (QED) is 0.502. The highest BCUT2D eigenvalue weighted by molar-refractivity contribution is 6.01. The average Bonchev–Trinajstić information content (AvgIpc) is 3.20. The van der Waals surface area contributed by atoms with Crippen LogP contribution in [-0.4, -0.2) is 72.0 Å². The lowest BCUT2D eigenvalue weighted by Crippen LogP contribution is -2.45. The number of hydrogen-bond donors (Lipinski definition) is 1. The van der Waals surface area contributed by atoms with Crippen molar-refractivity contribution in [1.82, 2.24) is 14.8 Å². The van der Waals surface area contributed by atoms with E-state index < -0.39 is 17.9 Å². The lowest BCUT2D eigenvalue weighted by Gasteiger charge is -2.26. The minimum absolute atomic E-state index is 0.0131. The van der Waals surface area contributed by atoms with Crippen molar-refractivity contribution in [2.45, 2.75) is 38.6 Å². The van der Waals surface area contributed by atoms with Crippen LogP contribution in [0.15, 0.2) is 36.5 Å². The smallest absolute Gasteiger partial charge is 0.305 e. The van der Waals surface area contributed by atoms with Crippen LogP contribution < -0.4 is 10.5 Å². The van der Waals surface area contributed by atoms with Crippen molar-refractivity contribution in [1.29, 1.82) is 0 Å². The van der Waals surface area contributed by atoms with E-state index in [-0.39, 0.29) is 31.9 Å². The maximum atomic E-state index is 13.0. The van der Waals surface area contributed by atoms with E-state index in [1.807, 2.05) is 18.3 Å². The van der Waals surface area contributed by atoms with Crippen molar-refractivity contribution in [3.8, 4) is 5.75 Å². The molecular weight excluding hydrogens is 452 g/mol. The van der Waals surface area contributed by atoms with E-state index in [4.69, 9.17) is 15.2 Å². The standard InChI is InChI=1S/C25H30N4O6/c1-33-23(30)8-7-21(24(26)31)29-15-20-19(25(29)32)3-2-4-22(20)35-16-18-6-5-17(13-27-18)14-28-9-11-34-12-10-28/h2-6,13,21H,7-12,14-16H2,1H3,(H2,26,31). The fourth-order valence-corrected chi connectivity index (χ4v) is 4.32. The molecule has 2 N–H and O–H groups in total. The Labute approximate surface area is 203 Å². The maximum Gasteiger partial charge on any atom is 0.305 e. The lowest BCUT2D eigenvalue weighted by atomic mass is 10.1. The molecular formula is C25H30N4O6. The van der Waals surface area contributed by atoms with Crippen molar-refractivity contribution in [3.63, 3.8) is 0 Å². The Morgan fingerprint density at radius 3 is 2.69 bits per heavy atom. The molecule has 4 rings (SSSR count). The topological polar surface area (TPSA) is 124 Å². The zero-order chi connectivity index (χ0) is 24.8. The van der Waals surface area contributed by atoms with Gasteiger partial charge in [0.2, 0.25) is 5.91 Å². The number of carbonyl (C=O) groups is 3. The second kappa shape index (κ2) is 11.3. The van der Waals surface area contributed by atoms with Gasteiger partial charge in [-0.25, -0.2) is 0 Å². The minimum atomic E-state index is -0.914. The summed E-state index contributed by atoms with van der Waals surface area (Å²) < 4.78 is 16.0. The van der Waals surface area contributed by atoms with Crippen LogP contribution in [0, 0.1) is 0 Å². The van der Waals surface area contributed by atoms with E-state index in [0.29, 0.717) is 16.9 Å². The lowest BCUT2D eigenvalue weighted by molar-refractivity contribution is -0.141. The third-order valence-electron chi connectivity index (χ3n) is 6.28. The van der Waals surface area contributed by atoms with Crippen LogP contribution in [-0.2, 0) is 38.8 Å². The molecule has 1 saturated heterocycles. The Morgan fingerprint density at radius 2 is 2.00 bits per heavy atom. The molecule has 0 spiro atoms. The number of morpholine rings is 1. The third-order valence-corrected chi connectivity index (χ3v) is 6.28. The number of amides is 2. The Balaban J connectivity index is 1.39. The molecule has 1 aromatic heterocycles. The Bertz CT molecular complexity index is 1070. The largest absolute Gasteiger partial charge is 0.487 e.